The van der Waals surface area contributed by atoms with E-state index in [4.69, 9.17) is 11.6 Å². The number of hydrogen-bond donors (Lipinski definition) is 0. The maximum Gasteiger partial charge on any atom is 0.225 e. The second-order valence-corrected chi connectivity index (χ2v) is 4.52. The number of hydrogen-bond acceptors (Lipinski definition) is 6. The zero-order valence-corrected chi connectivity index (χ0v) is 9.72. The molecule has 2 aromatic heterocycles. The van der Waals surface area contributed by atoms with Gasteiger partial charge in [-0.1, -0.05) is 0 Å². The molecule has 17 heavy (non-hydrogen) atoms. The predicted octanol–water partition coefficient (Wildman–Crippen LogP) is 0.713. The van der Waals surface area contributed by atoms with Gasteiger partial charge in [0.05, 0.1) is 0 Å². The Morgan fingerprint density at radius 1 is 0.882 bits per heavy atom. The van der Waals surface area contributed by atoms with Crippen molar-refractivity contribution in [3.05, 3.63) is 11.6 Å². The largest absolute Gasteiger partial charge is 0.351 e. The Labute approximate surface area is 102 Å². The Morgan fingerprint density at radius 2 is 1.59 bits per heavy atom. The minimum Gasteiger partial charge on any atom is -0.351 e. The summed E-state index contributed by atoms with van der Waals surface area (Å²) < 4.78 is 0. The number of aromatic nitrogens is 4. The summed E-state index contributed by atoms with van der Waals surface area (Å²) in [6, 6.07) is 0. The molecular formula is C10H9ClN6. The fourth-order valence-electron chi connectivity index (χ4n) is 1.87. The molecule has 0 saturated carbocycles. The summed E-state index contributed by atoms with van der Waals surface area (Å²) in [6.45, 7) is 4.05. The first-order chi connectivity index (χ1) is 8.33. The molecule has 4 heterocycles. The topological polar surface area (TPSA) is 57.6 Å². The minimum atomic E-state index is 0.261. The number of fused-ring (bicyclic) bond motifs is 1. The highest BCUT2D eigenvalue weighted by Gasteiger charge is 2.28. The Bertz CT molecular complexity index is 607. The quantitative estimate of drug-likeness (QED) is 0.576. The lowest BCUT2D eigenvalue weighted by molar-refractivity contribution is 1.11. The zero-order valence-electron chi connectivity index (χ0n) is 8.97. The van der Waals surface area contributed by atoms with Gasteiger partial charge in [-0.3, -0.25) is 0 Å². The lowest BCUT2D eigenvalue weighted by atomic mass is 10.3. The van der Waals surface area contributed by atoms with E-state index >= 15 is 0 Å². The van der Waals surface area contributed by atoms with Crippen molar-refractivity contribution in [2.24, 2.45) is 0 Å². The van der Waals surface area contributed by atoms with Crippen LogP contribution in [0.4, 0.5) is 11.6 Å². The number of rotatable bonds is 2. The molecule has 86 valence electrons. The van der Waals surface area contributed by atoms with Crippen LogP contribution in [0.5, 0.6) is 0 Å². The molecule has 0 atom stereocenters. The molecule has 2 aliphatic heterocycles. The first-order valence-corrected chi connectivity index (χ1v) is 5.89. The fourth-order valence-corrected chi connectivity index (χ4v) is 2.03. The van der Waals surface area contributed by atoms with Crippen LogP contribution in [0.2, 0.25) is 5.28 Å². The summed E-state index contributed by atoms with van der Waals surface area (Å²) >= 11 is 5.97. The van der Waals surface area contributed by atoms with Gasteiger partial charge in [0.25, 0.3) is 0 Å². The van der Waals surface area contributed by atoms with E-state index in [9.17, 15) is 0 Å². The van der Waals surface area contributed by atoms with Crippen LogP contribution in [0.3, 0.4) is 0 Å². The molecule has 0 spiro atoms. The molecule has 0 radical (unpaired) electrons. The van der Waals surface area contributed by atoms with Gasteiger partial charge in [-0.05, 0) is 11.6 Å². The molecule has 2 saturated heterocycles. The van der Waals surface area contributed by atoms with Crippen molar-refractivity contribution in [2.75, 3.05) is 36.0 Å². The Kier molecular flexibility index (Phi) is 1.74. The van der Waals surface area contributed by atoms with Crippen LogP contribution in [0.15, 0.2) is 6.33 Å². The average molecular weight is 249 g/mol. The summed E-state index contributed by atoms with van der Waals surface area (Å²) in [5, 5.41) is 0.261. The van der Waals surface area contributed by atoms with Crippen molar-refractivity contribution in [3.8, 4) is 0 Å². The number of nitrogens with zero attached hydrogens (tertiary/aromatic N) is 6. The Hall–Kier alpha value is -1.69. The third-order valence-electron chi connectivity index (χ3n) is 2.91. The van der Waals surface area contributed by atoms with E-state index in [2.05, 4.69) is 29.7 Å². The molecule has 2 fully saturated rings. The van der Waals surface area contributed by atoms with Crippen molar-refractivity contribution < 1.29 is 0 Å². The standard InChI is InChI=1S/C10H9ClN6/c11-10-14-7-6(9(15-10)17-3-4-17)12-5-13-8(7)16-1-2-16/h5H,1-4H2. The van der Waals surface area contributed by atoms with Crippen molar-refractivity contribution in [2.45, 2.75) is 0 Å². The van der Waals surface area contributed by atoms with E-state index < -0.39 is 0 Å². The van der Waals surface area contributed by atoms with Crippen molar-refractivity contribution in [1.82, 2.24) is 19.9 Å². The summed E-state index contributed by atoms with van der Waals surface area (Å²) in [7, 11) is 0. The molecular weight excluding hydrogens is 240 g/mol. The van der Waals surface area contributed by atoms with E-state index in [1.165, 1.54) is 0 Å². The lowest BCUT2D eigenvalue weighted by Gasteiger charge is -2.09. The van der Waals surface area contributed by atoms with Crippen LogP contribution in [-0.2, 0) is 0 Å². The first-order valence-electron chi connectivity index (χ1n) is 5.51. The van der Waals surface area contributed by atoms with Crippen LogP contribution in [-0.4, -0.2) is 46.1 Å². The van der Waals surface area contributed by atoms with Gasteiger partial charge in [0.2, 0.25) is 5.28 Å². The summed E-state index contributed by atoms with van der Waals surface area (Å²) in [5.41, 5.74) is 1.55. The predicted molar refractivity (Wildman–Crippen MR) is 64.6 cm³/mol. The molecule has 7 heteroatoms. The molecule has 0 amide bonds. The molecule has 6 nitrogen and oxygen atoms in total. The minimum absolute atomic E-state index is 0.261. The third kappa shape index (κ3) is 1.48. The second kappa shape index (κ2) is 3.16. The highest BCUT2D eigenvalue weighted by molar-refractivity contribution is 6.29. The third-order valence-corrected chi connectivity index (χ3v) is 3.08. The maximum atomic E-state index is 5.97. The van der Waals surface area contributed by atoms with Crippen LogP contribution in [0, 0.1) is 0 Å². The molecule has 0 unspecified atom stereocenters. The molecule has 0 bridgehead atoms. The Morgan fingerprint density at radius 3 is 2.29 bits per heavy atom. The summed E-state index contributed by atoms with van der Waals surface area (Å²) in [6.07, 6.45) is 1.57. The van der Waals surface area contributed by atoms with E-state index in [0.29, 0.717) is 0 Å². The van der Waals surface area contributed by atoms with E-state index in [1.807, 2.05) is 0 Å². The fraction of sp³-hybridized carbons (Fsp3) is 0.400. The van der Waals surface area contributed by atoms with Gasteiger partial charge in [0.15, 0.2) is 11.6 Å². The van der Waals surface area contributed by atoms with Gasteiger partial charge in [0.1, 0.15) is 17.4 Å². The van der Waals surface area contributed by atoms with E-state index in [-0.39, 0.29) is 5.28 Å². The van der Waals surface area contributed by atoms with Crippen molar-refractivity contribution in [1.29, 1.82) is 0 Å². The van der Waals surface area contributed by atoms with Crippen LogP contribution < -0.4 is 9.80 Å². The van der Waals surface area contributed by atoms with Gasteiger partial charge in [-0.25, -0.2) is 15.0 Å². The van der Waals surface area contributed by atoms with Gasteiger partial charge in [-0.2, -0.15) is 4.98 Å². The normalized spacial score (nSPS) is 17.7. The summed E-state index contributed by atoms with van der Waals surface area (Å²) in [5.74, 6) is 1.69. The van der Waals surface area contributed by atoms with Crippen molar-refractivity contribution in [3.63, 3.8) is 0 Å². The van der Waals surface area contributed by atoms with Crippen LogP contribution in [0.1, 0.15) is 0 Å². The monoisotopic (exact) mass is 248 g/mol. The smallest absolute Gasteiger partial charge is 0.225 e. The molecule has 2 aliphatic rings. The number of anilines is 2. The van der Waals surface area contributed by atoms with Crippen LogP contribution >= 0.6 is 11.6 Å². The molecule has 0 N–H and O–H groups in total. The molecule has 0 aromatic carbocycles. The summed E-state index contributed by atoms with van der Waals surface area (Å²) in [4.78, 5) is 21.4. The molecule has 4 rings (SSSR count). The second-order valence-electron chi connectivity index (χ2n) is 4.18. The number of halogens is 1. The first kappa shape index (κ1) is 9.35. The van der Waals surface area contributed by atoms with Gasteiger partial charge >= 0.3 is 0 Å². The van der Waals surface area contributed by atoms with Gasteiger partial charge < -0.3 is 9.80 Å². The Balaban J connectivity index is 2.03. The molecule has 0 aliphatic carbocycles. The van der Waals surface area contributed by atoms with E-state index in [0.717, 1.165) is 48.8 Å². The average Bonchev–Trinajstić information content (AvgIpc) is 3.17. The highest BCUT2D eigenvalue weighted by Crippen LogP contribution is 2.32. The van der Waals surface area contributed by atoms with Crippen LogP contribution in [0.25, 0.3) is 11.0 Å². The molecule has 2 aromatic rings. The SMILES string of the molecule is Clc1nc(N2CC2)c2ncnc(N3CC3)c2n1. The van der Waals surface area contributed by atoms with Gasteiger partial charge in [-0.15, -0.1) is 0 Å². The maximum absolute atomic E-state index is 5.97. The van der Waals surface area contributed by atoms with Gasteiger partial charge in [0, 0.05) is 26.2 Å². The van der Waals surface area contributed by atoms with E-state index in [1.54, 1.807) is 6.33 Å². The van der Waals surface area contributed by atoms with Crippen molar-refractivity contribution >= 4 is 34.3 Å². The highest BCUT2D eigenvalue weighted by atomic mass is 35.5. The lowest BCUT2D eigenvalue weighted by Crippen LogP contribution is -2.04. The zero-order chi connectivity index (χ0) is 11.4.